The van der Waals surface area contributed by atoms with Crippen molar-refractivity contribution >= 4 is 11.8 Å². The van der Waals surface area contributed by atoms with Crippen LogP contribution in [0.5, 0.6) is 0 Å². The van der Waals surface area contributed by atoms with Gasteiger partial charge in [-0.25, -0.2) is 0 Å². The largest absolute Gasteiger partial charge is 0.396 e. The second-order valence-corrected chi connectivity index (χ2v) is 5.83. The van der Waals surface area contributed by atoms with Crippen molar-refractivity contribution in [1.29, 1.82) is 0 Å². The monoisotopic (exact) mass is 284 g/mol. The summed E-state index contributed by atoms with van der Waals surface area (Å²) in [6.45, 7) is 6.11. The number of aliphatic hydroxyl groups is 1. The lowest BCUT2D eigenvalue weighted by Gasteiger charge is -2.32. The van der Waals surface area contributed by atoms with Crippen LogP contribution >= 0.6 is 0 Å². The molecule has 0 aliphatic carbocycles. The lowest BCUT2D eigenvalue weighted by Crippen LogP contribution is -2.44. The fourth-order valence-corrected chi connectivity index (χ4v) is 2.50. The number of nitrogens with one attached hydrogen (secondary N) is 1. The molecule has 0 aromatic heterocycles. The van der Waals surface area contributed by atoms with Gasteiger partial charge in [-0.15, -0.1) is 0 Å². The predicted octanol–water partition coefficient (Wildman–Crippen LogP) is 1.16. The summed E-state index contributed by atoms with van der Waals surface area (Å²) in [5.74, 6) is 0.384. The molecule has 0 saturated carbocycles. The molecule has 5 nitrogen and oxygen atoms in total. The van der Waals surface area contributed by atoms with Crippen molar-refractivity contribution in [1.82, 2.24) is 10.2 Å². The third-order valence-electron chi connectivity index (χ3n) is 3.81. The van der Waals surface area contributed by atoms with E-state index >= 15 is 0 Å². The summed E-state index contributed by atoms with van der Waals surface area (Å²) in [7, 11) is 0. The molecular formula is C15H28N2O3. The molecule has 5 heteroatoms. The van der Waals surface area contributed by atoms with Gasteiger partial charge in [0.05, 0.1) is 0 Å². The van der Waals surface area contributed by atoms with Gasteiger partial charge in [-0.3, -0.25) is 9.59 Å². The average molecular weight is 284 g/mol. The molecule has 1 fully saturated rings. The first-order valence-corrected chi connectivity index (χ1v) is 7.73. The van der Waals surface area contributed by atoms with Gasteiger partial charge in [-0.05, 0) is 32.1 Å². The van der Waals surface area contributed by atoms with E-state index < -0.39 is 0 Å². The number of aliphatic hydroxyl groups excluding tert-OH is 1. The zero-order valence-corrected chi connectivity index (χ0v) is 12.7. The molecule has 0 radical (unpaired) electrons. The molecule has 20 heavy (non-hydrogen) atoms. The molecule has 1 aliphatic rings. The second-order valence-electron chi connectivity index (χ2n) is 5.83. The molecule has 0 aromatic rings. The van der Waals surface area contributed by atoms with Crippen LogP contribution in [0.2, 0.25) is 0 Å². The predicted molar refractivity (Wildman–Crippen MR) is 78.1 cm³/mol. The summed E-state index contributed by atoms with van der Waals surface area (Å²) in [5, 5.41) is 11.6. The Morgan fingerprint density at radius 3 is 2.40 bits per heavy atom. The second kappa shape index (κ2) is 8.95. The first-order valence-electron chi connectivity index (χ1n) is 7.73. The summed E-state index contributed by atoms with van der Waals surface area (Å²) in [4.78, 5) is 25.7. The minimum atomic E-state index is 0.0342. The van der Waals surface area contributed by atoms with Crippen LogP contribution in [0, 0.1) is 11.8 Å². The van der Waals surface area contributed by atoms with Crippen LogP contribution in [0.1, 0.15) is 46.0 Å². The maximum absolute atomic E-state index is 12.0. The van der Waals surface area contributed by atoms with Crippen molar-refractivity contribution in [3.63, 3.8) is 0 Å². The van der Waals surface area contributed by atoms with Crippen LogP contribution in [0.3, 0.4) is 0 Å². The highest BCUT2D eigenvalue weighted by Gasteiger charge is 2.27. The first kappa shape index (κ1) is 17.0. The van der Waals surface area contributed by atoms with Crippen molar-refractivity contribution < 1.29 is 14.7 Å². The van der Waals surface area contributed by atoms with Crippen LogP contribution in [0.15, 0.2) is 0 Å². The third-order valence-corrected chi connectivity index (χ3v) is 3.81. The minimum absolute atomic E-state index is 0.0342. The number of hydrogen-bond acceptors (Lipinski definition) is 3. The highest BCUT2D eigenvalue weighted by atomic mass is 16.3. The summed E-state index contributed by atoms with van der Waals surface area (Å²) in [6, 6.07) is 0. The molecule has 1 saturated heterocycles. The average Bonchev–Trinajstić information content (AvgIpc) is 2.46. The summed E-state index contributed by atoms with van der Waals surface area (Å²) in [5.41, 5.74) is 0. The lowest BCUT2D eigenvalue weighted by molar-refractivity contribution is -0.138. The lowest BCUT2D eigenvalue weighted by atomic mass is 9.95. The van der Waals surface area contributed by atoms with Gasteiger partial charge in [0.15, 0.2) is 0 Å². The summed E-state index contributed by atoms with van der Waals surface area (Å²) < 4.78 is 0. The summed E-state index contributed by atoms with van der Waals surface area (Å²) >= 11 is 0. The van der Waals surface area contributed by atoms with E-state index in [4.69, 9.17) is 5.11 Å². The van der Waals surface area contributed by atoms with Gasteiger partial charge >= 0.3 is 0 Å². The number of likely N-dealkylation sites (tertiary alicyclic amines) is 1. The molecule has 116 valence electrons. The van der Waals surface area contributed by atoms with E-state index in [0.29, 0.717) is 19.6 Å². The van der Waals surface area contributed by atoms with Gasteiger partial charge in [0, 0.05) is 38.1 Å². The molecule has 1 heterocycles. The Morgan fingerprint density at radius 1 is 1.20 bits per heavy atom. The molecule has 0 aromatic carbocycles. The molecule has 0 bridgehead atoms. The number of carbonyl (C=O) groups excluding carboxylic acids is 2. The van der Waals surface area contributed by atoms with Crippen LogP contribution in [-0.2, 0) is 9.59 Å². The first-order chi connectivity index (χ1) is 9.56. The minimum Gasteiger partial charge on any atom is -0.396 e. The molecule has 2 amide bonds. The molecule has 0 atom stereocenters. The van der Waals surface area contributed by atoms with Gasteiger partial charge in [0.25, 0.3) is 0 Å². The van der Waals surface area contributed by atoms with Crippen molar-refractivity contribution in [2.24, 2.45) is 11.8 Å². The van der Waals surface area contributed by atoms with E-state index in [9.17, 15) is 9.59 Å². The Bertz CT molecular complexity index is 310. The number of unbranched alkanes of at least 4 members (excludes halogenated alkanes) is 2. The Morgan fingerprint density at radius 2 is 1.85 bits per heavy atom. The van der Waals surface area contributed by atoms with Crippen molar-refractivity contribution in [3.05, 3.63) is 0 Å². The number of piperidine rings is 1. The van der Waals surface area contributed by atoms with E-state index in [1.165, 1.54) is 0 Å². The maximum Gasteiger partial charge on any atom is 0.225 e. The topological polar surface area (TPSA) is 69.6 Å². The molecule has 2 N–H and O–H groups in total. The number of hydrogen-bond donors (Lipinski definition) is 2. The zero-order chi connectivity index (χ0) is 15.0. The van der Waals surface area contributed by atoms with E-state index in [1.54, 1.807) is 0 Å². The highest BCUT2D eigenvalue weighted by molar-refractivity contribution is 5.80. The standard InChI is InChI=1S/C15H28N2O3/c1-12(2)15(20)17-9-6-13(7-10-17)14(19)16-8-4-3-5-11-18/h12-13,18H,3-11H2,1-2H3,(H,16,19). The van der Waals surface area contributed by atoms with Gasteiger partial charge in [0.1, 0.15) is 0 Å². The Hall–Kier alpha value is -1.10. The van der Waals surface area contributed by atoms with Crippen molar-refractivity contribution in [3.8, 4) is 0 Å². The van der Waals surface area contributed by atoms with Gasteiger partial charge in [-0.2, -0.15) is 0 Å². The Balaban J connectivity index is 2.20. The zero-order valence-electron chi connectivity index (χ0n) is 12.7. The molecule has 0 unspecified atom stereocenters. The SMILES string of the molecule is CC(C)C(=O)N1CCC(C(=O)NCCCCCO)CC1. The van der Waals surface area contributed by atoms with Crippen LogP contribution in [0.4, 0.5) is 0 Å². The number of carbonyl (C=O) groups is 2. The van der Waals surface area contributed by atoms with Crippen molar-refractivity contribution in [2.75, 3.05) is 26.2 Å². The number of rotatable bonds is 7. The smallest absolute Gasteiger partial charge is 0.225 e. The van der Waals surface area contributed by atoms with E-state index in [-0.39, 0.29) is 30.3 Å². The molecular weight excluding hydrogens is 256 g/mol. The molecule has 1 rings (SSSR count). The Kier molecular flexibility index (Phi) is 7.59. The van der Waals surface area contributed by atoms with Gasteiger partial charge < -0.3 is 15.3 Å². The number of nitrogens with zero attached hydrogens (tertiary/aromatic N) is 1. The fourth-order valence-electron chi connectivity index (χ4n) is 2.50. The maximum atomic E-state index is 12.0. The number of amides is 2. The quantitative estimate of drug-likeness (QED) is 0.689. The Labute approximate surface area is 121 Å². The molecule has 1 aliphatic heterocycles. The third kappa shape index (κ3) is 5.49. The normalized spacial score (nSPS) is 16.5. The molecule has 0 spiro atoms. The van der Waals surface area contributed by atoms with Gasteiger partial charge in [0.2, 0.25) is 11.8 Å². The summed E-state index contributed by atoms with van der Waals surface area (Å²) in [6.07, 6.45) is 4.18. The van der Waals surface area contributed by atoms with E-state index in [1.807, 2.05) is 18.7 Å². The van der Waals surface area contributed by atoms with E-state index in [2.05, 4.69) is 5.32 Å². The van der Waals surface area contributed by atoms with Gasteiger partial charge in [-0.1, -0.05) is 13.8 Å². The highest BCUT2D eigenvalue weighted by Crippen LogP contribution is 2.18. The van der Waals surface area contributed by atoms with E-state index in [0.717, 1.165) is 32.1 Å². The van der Waals surface area contributed by atoms with Crippen LogP contribution in [0.25, 0.3) is 0 Å². The van der Waals surface area contributed by atoms with Crippen LogP contribution in [-0.4, -0.2) is 48.1 Å². The van der Waals surface area contributed by atoms with Crippen molar-refractivity contribution in [2.45, 2.75) is 46.0 Å². The fraction of sp³-hybridized carbons (Fsp3) is 0.867. The van der Waals surface area contributed by atoms with Crippen LogP contribution < -0.4 is 5.32 Å².